The number of benzene rings is 1. The van der Waals surface area contributed by atoms with Crippen LogP contribution in [-0.2, 0) is 4.74 Å². The highest BCUT2D eigenvalue weighted by molar-refractivity contribution is 5.98. The quantitative estimate of drug-likeness (QED) is 0.759. The molecule has 0 unspecified atom stereocenters. The van der Waals surface area contributed by atoms with Crippen molar-refractivity contribution in [2.75, 3.05) is 28.4 Å². The summed E-state index contributed by atoms with van der Waals surface area (Å²) in [6.07, 6.45) is 3.52. The Kier molecular flexibility index (Phi) is 5.78. The molecule has 0 saturated heterocycles. The van der Waals surface area contributed by atoms with E-state index in [1.54, 1.807) is 44.6 Å². The molecular weight excluding hydrogens is 310 g/mol. The fourth-order valence-corrected chi connectivity index (χ4v) is 2.15. The maximum absolute atomic E-state index is 12.1. The van der Waals surface area contributed by atoms with Crippen LogP contribution in [-0.4, -0.2) is 39.4 Å². The zero-order valence-electron chi connectivity index (χ0n) is 14.0. The van der Waals surface area contributed by atoms with Crippen molar-refractivity contribution in [1.82, 2.24) is 4.98 Å². The fourth-order valence-electron chi connectivity index (χ4n) is 2.15. The maximum atomic E-state index is 12.1. The van der Waals surface area contributed by atoms with Crippen LogP contribution in [0.25, 0.3) is 12.2 Å². The molecule has 0 aliphatic heterocycles. The van der Waals surface area contributed by atoms with E-state index in [2.05, 4.69) is 4.98 Å². The molecule has 0 spiro atoms. The van der Waals surface area contributed by atoms with Gasteiger partial charge in [0, 0.05) is 12.1 Å². The molecule has 0 fully saturated rings. The number of hydrogen-bond donors (Lipinski definition) is 0. The average Bonchev–Trinajstić information content (AvgIpc) is 2.64. The minimum absolute atomic E-state index is 0.319. The van der Waals surface area contributed by atoms with E-state index in [9.17, 15) is 4.79 Å². The van der Waals surface area contributed by atoms with E-state index in [0.29, 0.717) is 34.2 Å². The Bertz CT molecular complexity index is 755. The van der Waals surface area contributed by atoms with Gasteiger partial charge in [0.1, 0.15) is 17.1 Å². The summed E-state index contributed by atoms with van der Waals surface area (Å²) in [4.78, 5) is 16.4. The van der Waals surface area contributed by atoms with E-state index < -0.39 is 5.97 Å². The van der Waals surface area contributed by atoms with Crippen LogP contribution in [0.3, 0.4) is 0 Å². The summed E-state index contributed by atoms with van der Waals surface area (Å²) in [6.45, 7) is 0. The summed E-state index contributed by atoms with van der Waals surface area (Å²) in [7, 11) is 5.91. The average molecular weight is 329 g/mol. The highest BCUT2D eigenvalue weighted by atomic mass is 16.5. The summed E-state index contributed by atoms with van der Waals surface area (Å²) >= 11 is 0. The van der Waals surface area contributed by atoms with Gasteiger partial charge in [-0.25, -0.2) is 9.78 Å². The van der Waals surface area contributed by atoms with E-state index in [0.717, 1.165) is 0 Å². The number of nitrogens with zero attached hydrogens (tertiary/aromatic N) is 1. The van der Waals surface area contributed by atoms with Crippen LogP contribution < -0.4 is 14.2 Å². The van der Waals surface area contributed by atoms with Crippen molar-refractivity contribution in [3.8, 4) is 17.4 Å². The number of hydrogen-bond acceptors (Lipinski definition) is 6. The molecule has 2 rings (SSSR count). The predicted octanol–water partition coefficient (Wildman–Crippen LogP) is 3.06. The third-order valence-corrected chi connectivity index (χ3v) is 3.34. The second-order valence-electron chi connectivity index (χ2n) is 4.72. The maximum Gasteiger partial charge on any atom is 0.342 e. The van der Waals surface area contributed by atoms with Crippen molar-refractivity contribution in [2.24, 2.45) is 0 Å². The van der Waals surface area contributed by atoms with Crippen molar-refractivity contribution < 1.29 is 23.7 Å². The lowest BCUT2D eigenvalue weighted by Gasteiger charge is -2.12. The molecule has 1 aromatic carbocycles. The van der Waals surface area contributed by atoms with Gasteiger partial charge < -0.3 is 18.9 Å². The normalized spacial score (nSPS) is 10.5. The van der Waals surface area contributed by atoms with Gasteiger partial charge in [-0.2, -0.15) is 0 Å². The minimum atomic E-state index is -0.493. The van der Waals surface area contributed by atoms with Gasteiger partial charge in [0.2, 0.25) is 5.88 Å². The monoisotopic (exact) mass is 329 g/mol. The largest absolute Gasteiger partial charge is 0.497 e. The Morgan fingerprint density at radius 2 is 1.79 bits per heavy atom. The number of methoxy groups -OCH3 is 4. The second-order valence-corrected chi connectivity index (χ2v) is 4.72. The van der Waals surface area contributed by atoms with Crippen LogP contribution in [0.2, 0.25) is 0 Å². The van der Waals surface area contributed by atoms with Crippen LogP contribution in [0.5, 0.6) is 17.4 Å². The molecule has 24 heavy (non-hydrogen) atoms. The van der Waals surface area contributed by atoms with Gasteiger partial charge in [0.25, 0.3) is 0 Å². The number of pyridine rings is 1. The molecule has 0 aliphatic rings. The zero-order valence-corrected chi connectivity index (χ0v) is 14.0. The number of carbonyl (C=O) groups excluding carboxylic acids is 1. The Balaban J connectivity index is 2.50. The second kappa shape index (κ2) is 8.01. The molecule has 6 nitrogen and oxygen atoms in total. The van der Waals surface area contributed by atoms with E-state index in [1.807, 2.05) is 12.1 Å². The smallest absolute Gasteiger partial charge is 0.342 e. The Hall–Kier alpha value is -3.02. The Morgan fingerprint density at radius 3 is 2.42 bits per heavy atom. The first-order valence-electron chi connectivity index (χ1n) is 7.16. The van der Waals surface area contributed by atoms with Crippen LogP contribution in [0, 0.1) is 0 Å². The lowest BCUT2D eigenvalue weighted by molar-refractivity contribution is 0.0597. The number of aromatic nitrogens is 1. The number of ether oxygens (including phenoxy) is 4. The van der Waals surface area contributed by atoms with Crippen LogP contribution in [0.4, 0.5) is 0 Å². The molecule has 0 N–H and O–H groups in total. The topological polar surface area (TPSA) is 66.9 Å². The first-order valence-corrected chi connectivity index (χ1v) is 7.16. The SMILES string of the molecule is COC(=O)c1c(/C=C/c2cccc(OC)n2)cc(OC)cc1OC. The van der Waals surface area contributed by atoms with Gasteiger partial charge in [-0.1, -0.05) is 12.1 Å². The third-order valence-electron chi connectivity index (χ3n) is 3.34. The van der Waals surface area contributed by atoms with Crippen molar-refractivity contribution in [2.45, 2.75) is 0 Å². The van der Waals surface area contributed by atoms with Gasteiger partial charge in [-0.3, -0.25) is 0 Å². The molecule has 126 valence electrons. The summed E-state index contributed by atoms with van der Waals surface area (Å²) < 4.78 is 20.5. The lowest BCUT2D eigenvalue weighted by Crippen LogP contribution is -2.07. The molecule has 0 amide bonds. The van der Waals surface area contributed by atoms with Gasteiger partial charge >= 0.3 is 5.97 Å². The van der Waals surface area contributed by atoms with Gasteiger partial charge in [-0.05, 0) is 23.8 Å². The van der Waals surface area contributed by atoms with Crippen molar-refractivity contribution in [3.63, 3.8) is 0 Å². The molecule has 0 bridgehead atoms. The number of rotatable bonds is 6. The molecule has 0 saturated carbocycles. The van der Waals surface area contributed by atoms with Gasteiger partial charge in [-0.15, -0.1) is 0 Å². The molecular formula is C18H19NO5. The molecule has 6 heteroatoms. The van der Waals surface area contributed by atoms with E-state index in [1.165, 1.54) is 14.2 Å². The molecule has 1 aromatic heterocycles. The molecule has 0 aliphatic carbocycles. The number of carbonyl (C=O) groups is 1. The molecule has 0 radical (unpaired) electrons. The van der Waals surface area contributed by atoms with E-state index in [4.69, 9.17) is 18.9 Å². The first-order chi connectivity index (χ1) is 11.6. The van der Waals surface area contributed by atoms with Crippen molar-refractivity contribution in [1.29, 1.82) is 0 Å². The van der Waals surface area contributed by atoms with E-state index >= 15 is 0 Å². The van der Waals surface area contributed by atoms with Crippen LogP contribution in [0.15, 0.2) is 30.3 Å². The van der Waals surface area contributed by atoms with Crippen molar-refractivity contribution >= 4 is 18.1 Å². The highest BCUT2D eigenvalue weighted by Crippen LogP contribution is 2.30. The van der Waals surface area contributed by atoms with Crippen LogP contribution in [0.1, 0.15) is 21.6 Å². The van der Waals surface area contributed by atoms with Crippen LogP contribution >= 0.6 is 0 Å². The number of esters is 1. The first kappa shape index (κ1) is 17.3. The summed E-state index contributed by atoms with van der Waals surface area (Å²) in [5, 5.41) is 0. The van der Waals surface area contributed by atoms with Gasteiger partial charge in [0.15, 0.2) is 0 Å². The lowest BCUT2D eigenvalue weighted by atomic mass is 10.0. The molecule has 2 aromatic rings. The minimum Gasteiger partial charge on any atom is -0.497 e. The molecule has 1 heterocycles. The Labute approximate surface area is 140 Å². The van der Waals surface area contributed by atoms with Crippen molar-refractivity contribution in [3.05, 3.63) is 47.2 Å². The zero-order chi connectivity index (χ0) is 17.5. The highest BCUT2D eigenvalue weighted by Gasteiger charge is 2.18. The van der Waals surface area contributed by atoms with Gasteiger partial charge in [0.05, 0.1) is 34.1 Å². The summed E-state index contributed by atoms with van der Waals surface area (Å²) in [6, 6.07) is 8.78. The summed E-state index contributed by atoms with van der Waals surface area (Å²) in [5.74, 6) is 0.957. The Morgan fingerprint density at radius 1 is 1.00 bits per heavy atom. The summed E-state index contributed by atoms with van der Waals surface area (Å²) in [5.41, 5.74) is 1.61. The fraction of sp³-hybridized carbons (Fsp3) is 0.222. The third kappa shape index (κ3) is 3.84. The molecule has 0 atom stereocenters. The predicted molar refractivity (Wildman–Crippen MR) is 90.6 cm³/mol. The van der Waals surface area contributed by atoms with E-state index in [-0.39, 0.29) is 0 Å². The standard InChI is InChI=1S/C18H19NO5/c1-21-14-10-12(17(18(20)24-4)15(11-14)22-2)8-9-13-6-5-7-16(19-13)23-3/h5-11H,1-4H3/b9-8+.